The zero-order valence-corrected chi connectivity index (χ0v) is 7.30. The maximum Gasteiger partial charge on any atom is 0.100 e. The summed E-state index contributed by atoms with van der Waals surface area (Å²) < 4.78 is 0. The molecule has 1 saturated heterocycles. The fourth-order valence-electron chi connectivity index (χ4n) is 1.29. The van der Waals surface area contributed by atoms with Crippen molar-refractivity contribution in [1.82, 2.24) is 4.90 Å². The Labute approximate surface area is 67.3 Å². The smallest absolute Gasteiger partial charge is 0.100 e. The number of rotatable bonds is 0. The van der Waals surface area contributed by atoms with E-state index in [1.54, 1.807) is 0 Å². The molecule has 1 rings (SSSR count). The van der Waals surface area contributed by atoms with E-state index in [9.17, 15) is 0 Å². The maximum atomic E-state index is 6.01. The van der Waals surface area contributed by atoms with Crippen LogP contribution in [0.25, 0.3) is 0 Å². The molecule has 60 valence electrons. The topological polar surface area (TPSA) is 29.3 Å². The molecule has 0 spiro atoms. The second-order valence-corrected chi connectivity index (χ2v) is 3.64. The van der Waals surface area contributed by atoms with Crippen LogP contribution in [0, 0.1) is 5.92 Å². The number of likely N-dealkylation sites (N-methyl/N-ethyl adjacent to an activating group) is 1. The number of halogens is 1. The van der Waals surface area contributed by atoms with Crippen molar-refractivity contribution >= 4 is 11.6 Å². The lowest BCUT2D eigenvalue weighted by atomic mass is 9.94. The van der Waals surface area contributed by atoms with E-state index in [2.05, 4.69) is 11.8 Å². The highest BCUT2D eigenvalue weighted by atomic mass is 35.5. The Morgan fingerprint density at radius 1 is 1.60 bits per heavy atom. The Morgan fingerprint density at radius 2 is 2.20 bits per heavy atom. The molecule has 2 N–H and O–H groups in total. The molecule has 0 saturated carbocycles. The lowest BCUT2D eigenvalue weighted by Gasteiger charge is -2.37. The van der Waals surface area contributed by atoms with E-state index in [4.69, 9.17) is 17.3 Å². The summed E-state index contributed by atoms with van der Waals surface area (Å²) in [6.45, 7) is 3.23. The van der Waals surface area contributed by atoms with Crippen molar-refractivity contribution in [2.24, 2.45) is 11.7 Å². The Kier molecular flexibility index (Phi) is 2.55. The monoisotopic (exact) mass is 162 g/mol. The number of nitrogens with two attached hydrogens (primary N) is 1. The molecule has 0 aromatic heterocycles. The van der Waals surface area contributed by atoms with Crippen LogP contribution in [-0.4, -0.2) is 30.0 Å². The minimum atomic E-state index is 0.0312. The van der Waals surface area contributed by atoms with Crippen LogP contribution >= 0.6 is 11.6 Å². The molecule has 1 aliphatic heterocycles. The number of likely N-dealkylation sites (tertiary alicyclic amines) is 1. The number of hydrogen-bond acceptors (Lipinski definition) is 2. The van der Waals surface area contributed by atoms with E-state index < -0.39 is 0 Å². The van der Waals surface area contributed by atoms with Crippen LogP contribution in [0.1, 0.15) is 13.3 Å². The molecule has 2 unspecified atom stereocenters. The Bertz CT molecular complexity index is 104. The fourth-order valence-corrected chi connectivity index (χ4v) is 1.63. The number of nitrogens with zero attached hydrogens (tertiary/aromatic N) is 1. The summed E-state index contributed by atoms with van der Waals surface area (Å²) in [5, 5.41) is 0. The van der Waals surface area contributed by atoms with E-state index in [0.29, 0.717) is 5.92 Å². The highest BCUT2D eigenvalue weighted by Crippen LogP contribution is 2.22. The van der Waals surface area contributed by atoms with Gasteiger partial charge in [-0.25, -0.2) is 0 Å². The van der Waals surface area contributed by atoms with Crippen molar-refractivity contribution < 1.29 is 0 Å². The van der Waals surface area contributed by atoms with E-state index >= 15 is 0 Å². The van der Waals surface area contributed by atoms with Crippen molar-refractivity contribution in [2.45, 2.75) is 24.9 Å². The third-order valence-electron chi connectivity index (χ3n) is 2.33. The van der Waals surface area contributed by atoms with Crippen LogP contribution in [0.3, 0.4) is 0 Å². The van der Waals surface area contributed by atoms with Gasteiger partial charge in [0.1, 0.15) is 5.50 Å². The summed E-state index contributed by atoms with van der Waals surface area (Å²) >= 11 is 6.01. The Balaban J connectivity index is 2.52. The van der Waals surface area contributed by atoms with E-state index in [1.807, 2.05) is 7.05 Å². The van der Waals surface area contributed by atoms with Gasteiger partial charge in [-0.15, -0.1) is 11.6 Å². The van der Waals surface area contributed by atoms with Crippen molar-refractivity contribution in [1.29, 1.82) is 0 Å². The van der Waals surface area contributed by atoms with E-state index in [-0.39, 0.29) is 11.5 Å². The van der Waals surface area contributed by atoms with Gasteiger partial charge in [0.15, 0.2) is 0 Å². The van der Waals surface area contributed by atoms with Crippen molar-refractivity contribution in [3.8, 4) is 0 Å². The molecule has 1 aliphatic rings. The standard InChI is InChI=1S/C7H15ClN2/c1-5-3-4-10(2)7(8)6(5)9/h5-7H,3-4,9H2,1-2H3/t5-,6?,7?/m0/s1. The van der Waals surface area contributed by atoms with E-state index in [1.165, 1.54) is 6.42 Å². The van der Waals surface area contributed by atoms with Crippen molar-refractivity contribution in [3.63, 3.8) is 0 Å². The summed E-state index contributed by atoms with van der Waals surface area (Å²) in [6.07, 6.45) is 1.17. The molecule has 0 aliphatic carbocycles. The average molecular weight is 163 g/mol. The second-order valence-electron chi connectivity index (χ2n) is 3.20. The second kappa shape index (κ2) is 3.07. The molecule has 0 radical (unpaired) electrons. The third-order valence-corrected chi connectivity index (χ3v) is 2.96. The molecule has 0 aromatic rings. The minimum absolute atomic E-state index is 0.0312. The summed E-state index contributed by atoms with van der Waals surface area (Å²) in [7, 11) is 2.02. The molecule has 2 nitrogen and oxygen atoms in total. The molecular formula is C7H15ClN2. The summed E-state index contributed by atoms with van der Waals surface area (Å²) in [5.41, 5.74) is 5.87. The van der Waals surface area contributed by atoms with Crippen LogP contribution < -0.4 is 5.73 Å². The third kappa shape index (κ3) is 1.44. The highest BCUT2D eigenvalue weighted by Gasteiger charge is 2.29. The van der Waals surface area contributed by atoms with Crippen molar-refractivity contribution in [2.75, 3.05) is 13.6 Å². The van der Waals surface area contributed by atoms with Gasteiger partial charge in [0, 0.05) is 6.04 Å². The predicted molar refractivity (Wildman–Crippen MR) is 44.0 cm³/mol. The average Bonchev–Trinajstić information content (AvgIpc) is 1.93. The zero-order valence-electron chi connectivity index (χ0n) is 6.55. The van der Waals surface area contributed by atoms with Gasteiger partial charge < -0.3 is 5.73 Å². The first-order valence-electron chi connectivity index (χ1n) is 3.73. The first-order chi connectivity index (χ1) is 4.63. The minimum Gasteiger partial charge on any atom is -0.325 e. The van der Waals surface area contributed by atoms with Gasteiger partial charge in [-0.05, 0) is 25.9 Å². The van der Waals surface area contributed by atoms with Crippen LogP contribution in [0.5, 0.6) is 0 Å². The van der Waals surface area contributed by atoms with Gasteiger partial charge >= 0.3 is 0 Å². The summed E-state index contributed by atoms with van der Waals surface area (Å²) in [6, 6.07) is 0.139. The first-order valence-corrected chi connectivity index (χ1v) is 4.16. The number of hydrogen-bond donors (Lipinski definition) is 1. The molecule has 10 heavy (non-hydrogen) atoms. The van der Waals surface area contributed by atoms with Crippen LogP contribution in [0.15, 0.2) is 0 Å². The predicted octanol–water partition coefficient (Wildman–Crippen LogP) is 0.850. The normalized spacial score (nSPS) is 43.8. The lowest BCUT2D eigenvalue weighted by molar-refractivity contribution is 0.174. The molecule has 0 bridgehead atoms. The Hall–Kier alpha value is 0.210. The first kappa shape index (κ1) is 8.31. The van der Waals surface area contributed by atoms with E-state index in [0.717, 1.165) is 6.54 Å². The van der Waals surface area contributed by atoms with Crippen LogP contribution in [-0.2, 0) is 0 Å². The number of alkyl halides is 1. The molecule has 0 amide bonds. The quantitative estimate of drug-likeness (QED) is 0.423. The molecule has 3 atom stereocenters. The summed E-state index contributed by atoms with van der Waals surface area (Å²) in [5.74, 6) is 0.568. The van der Waals surface area contributed by atoms with Gasteiger partial charge in [0.2, 0.25) is 0 Å². The van der Waals surface area contributed by atoms with Crippen molar-refractivity contribution in [3.05, 3.63) is 0 Å². The zero-order chi connectivity index (χ0) is 7.72. The van der Waals surface area contributed by atoms with Gasteiger partial charge in [-0.2, -0.15) is 0 Å². The van der Waals surface area contributed by atoms with Gasteiger partial charge in [-0.1, -0.05) is 6.92 Å². The van der Waals surface area contributed by atoms with Crippen LogP contribution in [0.2, 0.25) is 0 Å². The van der Waals surface area contributed by atoms with Gasteiger partial charge in [0.05, 0.1) is 0 Å². The number of piperidine rings is 1. The lowest BCUT2D eigenvalue weighted by Crippen LogP contribution is -2.51. The van der Waals surface area contributed by atoms with Crippen LogP contribution in [0.4, 0.5) is 0 Å². The fraction of sp³-hybridized carbons (Fsp3) is 1.00. The molecule has 0 aromatic carbocycles. The molecule has 3 heteroatoms. The Morgan fingerprint density at radius 3 is 2.70 bits per heavy atom. The summed E-state index contributed by atoms with van der Waals surface area (Å²) in [4.78, 5) is 2.10. The molecule has 1 fully saturated rings. The highest BCUT2D eigenvalue weighted by molar-refractivity contribution is 6.20. The SMILES string of the molecule is C[C@H]1CCN(C)C(Cl)C1N. The van der Waals surface area contributed by atoms with Gasteiger partial charge in [-0.3, -0.25) is 4.90 Å². The maximum absolute atomic E-state index is 6.01. The molecular weight excluding hydrogens is 148 g/mol. The molecule has 1 heterocycles. The largest absolute Gasteiger partial charge is 0.325 e. The van der Waals surface area contributed by atoms with Gasteiger partial charge in [0.25, 0.3) is 0 Å².